The highest BCUT2D eigenvalue weighted by atomic mass is 16.3. The molecule has 2 rings (SSSR count). The molecular weight excluding hydrogens is 164 g/mol. The minimum Gasteiger partial charge on any atom is -0.384 e. The van der Waals surface area contributed by atoms with Crippen molar-refractivity contribution >= 4 is 0 Å². The second kappa shape index (κ2) is 3.75. The third-order valence-corrected chi connectivity index (χ3v) is 2.51. The summed E-state index contributed by atoms with van der Waals surface area (Å²) in [6.07, 6.45) is 9.71. The average molecular weight is 178 g/mol. The Morgan fingerprint density at radius 2 is 2.38 bits per heavy atom. The Morgan fingerprint density at radius 3 is 3.00 bits per heavy atom. The Kier molecular flexibility index (Phi) is 2.45. The van der Waals surface area contributed by atoms with Gasteiger partial charge in [-0.15, -0.1) is 0 Å². The van der Waals surface area contributed by atoms with E-state index in [1.807, 2.05) is 0 Å². The van der Waals surface area contributed by atoms with Gasteiger partial charge in [0.1, 0.15) is 6.10 Å². The van der Waals surface area contributed by atoms with E-state index in [9.17, 15) is 5.11 Å². The van der Waals surface area contributed by atoms with Gasteiger partial charge in [-0.25, -0.2) is 0 Å². The van der Waals surface area contributed by atoms with Gasteiger partial charge in [0.05, 0.1) is 6.20 Å². The lowest BCUT2D eigenvalue weighted by Gasteiger charge is -2.17. The third-order valence-electron chi connectivity index (χ3n) is 2.51. The molecule has 70 valence electrons. The maximum Gasteiger partial charge on any atom is 0.103 e. The van der Waals surface area contributed by atoms with Gasteiger partial charge in [0, 0.05) is 11.8 Å². The first-order valence-electron chi connectivity index (χ1n) is 4.73. The van der Waals surface area contributed by atoms with Crippen LogP contribution in [0.5, 0.6) is 0 Å². The number of rotatable bonds is 2. The quantitative estimate of drug-likeness (QED) is 0.680. The molecule has 1 aliphatic carbocycles. The Morgan fingerprint density at radius 1 is 1.46 bits per heavy atom. The van der Waals surface area contributed by atoms with Gasteiger partial charge in [0.15, 0.2) is 0 Å². The lowest BCUT2D eigenvalue weighted by molar-refractivity contribution is 0.208. The molecule has 2 N–H and O–H groups in total. The molecule has 0 spiro atoms. The molecule has 0 saturated heterocycles. The number of nitrogens with zero attached hydrogens (tertiary/aromatic N) is 1. The molecule has 0 saturated carbocycles. The van der Waals surface area contributed by atoms with Crippen LogP contribution in [-0.4, -0.2) is 15.3 Å². The summed E-state index contributed by atoms with van der Waals surface area (Å²) < 4.78 is 0. The Bertz CT molecular complexity index is 290. The minimum absolute atomic E-state index is 0.445. The molecule has 1 unspecified atom stereocenters. The van der Waals surface area contributed by atoms with Crippen LogP contribution in [0.15, 0.2) is 24.0 Å². The summed E-state index contributed by atoms with van der Waals surface area (Å²) in [7, 11) is 0. The van der Waals surface area contributed by atoms with Gasteiger partial charge in [-0.3, -0.25) is 5.10 Å². The zero-order chi connectivity index (χ0) is 9.10. The number of allylic oxidation sites excluding steroid dienone is 1. The van der Waals surface area contributed by atoms with E-state index in [0.29, 0.717) is 0 Å². The predicted octanol–water partition coefficient (Wildman–Crippen LogP) is 1.94. The second-order valence-corrected chi connectivity index (χ2v) is 3.46. The normalized spacial score (nSPS) is 19.6. The van der Waals surface area contributed by atoms with Crippen LogP contribution in [0.3, 0.4) is 0 Å². The van der Waals surface area contributed by atoms with Crippen LogP contribution < -0.4 is 0 Å². The van der Waals surface area contributed by atoms with Gasteiger partial charge in [-0.05, 0) is 31.3 Å². The fourth-order valence-corrected chi connectivity index (χ4v) is 1.74. The maximum atomic E-state index is 9.91. The Balaban J connectivity index is 2.12. The van der Waals surface area contributed by atoms with E-state index in [-0.39, 0.29) is 0 Å². The van der Waals surface area contributed by atoms with E-state index in [4.69, 9.17) is 0 Å². The summed E-state index contributed by atoms with van der Waals surface area (Å²) in [5.41, 5.74) is 2.01. The van der Waals surface area contributed by atoms with Crippen LogP contribution in [0.2, 0.25) is 0 Å². The number of hydrogen-bond donors (Lipinski definition) is 2. The van der Waals surface area contributed by atoms with Gasteiger partial charge in [-0.1, -0.05) is 6.08 Å². The molecule has 1 atom stereocenters. The molecule has 0 bridgehead atoms. The predicted molar refractivity (Wildman–Crippen MR) is 50.1 cm³/mol. The lowest BCUT2D eigenvalue weighted by Crippen LogP contribution is -2.03. The van der Waals surface area contributed by atoms with Crippen molar-refractivity contribution in [2.75, 3.05) is 0 Å². The van der Waals surface area contributed by atoms with E-state index in [1.54, 1.807) is 12.4 Å². The van der Waals surface area contributed by atoms with E-state index in [0.717, 1.165) is 24.0 Å². The molecule has 0 fully saturated rings. The van der Waals surface area contributed by atoms with Gasteiger partial charge >= 0.3 is 0 Å². The van der Waals surface area contributed by atoms with Crippen molar-refractivity contribution in [2.24, 2.45) is 0 Å². The van der Waals surface area contributed by atoms with Crippen LogP contribution >= 0.6 is 0 Å². The van der Waals surface area contributed by atoms with E-state index >= 15 is 0 Å². The monoisotopic (exact) mass is 178 g/mol. The molecular formula is C10H14N2O. The van der Waals surface area contributed by atoms with Crippen molar-refractivity contribution in [1.29, 1.82) is 0 Å². The highest BCUT2D eigenvalue weighted by Gasteiger charge is 2.15. The first-order valence-corrected chi connectivity index (χ1v) is 4.73. The Labute approximate surface area is 77.5 Å². The summed E-state index contributed by atoms with van der Waals surface area (Å²) in [5.74, 6) is 0. The van der Waals surface area contributed by atoms with Crippen molar-refractivity contribution in [3.8, 4) is 0 Å². The molecule has 1 heterocycles. The standard InChI is InChI=1S/C10H14N2O/c13-10(9-6-11-12-7-9)8-4-2-1-3-5-8/h4,6-7,10,13H,1-3,5H2,(H,11,12). The molecule has 1 aliphatic rings. The summed E-state index contributed by atoms with van der Waals surface area (Å²) in [5, 5.41) is 16.4. The topological polar surface area (TPSA) is 48.9 Å². The molecule has 0 amide bonds. The fourth-order valence-electron chi connectivity index (χ4n) is 1.74. The van der Waals surface area contributed by atoms with Crippen molar-refractivity contribution in [3.63, 3.8) is 0 Å². The van der Waals surface area contributed by atoms with Crippen molar-refractivity contribution in [3.05, 3.63) is 29.6 Å². The van der Waals surface area contributed by atoms with E-state index in [1.165, 1.54) is 12.8 Å². The average Bonchev–Trinajstić information content (AvgIpc) is 2.71. The van der Waals surface area contributed by atoms with Crippen LogP contribution in [0, 0.1) is 0 Å². The zero-order valence-corrected chi connectivity index (χ0v) is 7.53. The van der Waals surface area contributed by atoms with Crippen LogP contribution in [0.25, 0.3) is 0 Å². The number of H-pyrrole nitrogens is 1. The van der Waals surface area contributed by atoms with Gasteiger partial charge in [-0.2, -0.15) is 5.10 Å². The smallest absolute Gasteiger partial charge is 0.103 e. The summed E-state index contributed by atoms with van der Waals surface area (Å²) in [6, 6.07) is 0. The van der Waals surface area contributed by atoms with Crippen molar-refractivity contribution in [2.45, 2.75) is 31.8 Å². The summed E-state index contributed by atoms with van der Waals surface area (Å²) in [6.45, 7) is 0. The molecule has 1 aromatic heterocycles. The molecule has 1 aromatic rings. The fraction of sp³-hybridized carbons (Fsp3) is 0.500. The molecule has 0 aliphatic heterocycles. The maximum absolute atomic E-state index is 9.91. The number of hydrogen-bond acceptors (Lipinski definition) is 2. The molecule has 0 aromatic carbocycles. The van der Waals surface area contributed by atoms with Crippen molar-refractivity contribution < 1.29 is 5.11 Å². The van der Waals surface area contributed by atoms with E-state index < -0.39 is 6.10 Å². The highest BCUT2D eigenvalue weighted by Crippen LogP contribution is 2.28. The largest absolute Gasteiger partial charge is 0.384 e. The van der Waals surface area contributed by atoms with Crippen LogP contribution in [-0.2, 0) is 0 Å². The number of aromatic nitrogens is 2. The second-order valence-electron chi connectivity index (χ2n) is 3.46. The third kappa shape index (κ3) is 1.80. The van der Waals surface area contributed by atoms with Gasteiger partial charge in [0.2, 0.25) is 0 Å². The molecule has 0 radical (unpaired) electrons. The summed E-state index contributed by atoms with van der Waals surface area (Å²) >= 11 is 0. The van der Waals surface area contributed by atoms with Gasteiger partial charge < -0.3 is 5.11 Å². The first-order chi connectivity index (χ1) is 6.38. The lowest BCUT2D eigenvalue weighted by atomic mass is 9.93. The van der Waals surface area contributed by atoms with Gasteiger partial charge in [0.25, 0.3) is 0 Å². The number of aliphatic hydroxyl groups excluding tert-OH is 1. The SMILES string of the molecule is OC(C1=CCCCC1)c1cn[nH]c1. The zero-order valence-electron chi connectivity index (χ0n) is 7.53. The van der Waals surface area contributed by atoms with Crippen LogP contribution in [0.1, 0.15) is 37.4 Å². The Hall–Kier alpha value is -1.09. The number of aromatic amines is 1. The van der Waals surface area contributed by atoms with Crippen molar-refractivity contribution in [1.82, 2.24) is 10.2 Å². The van der Waals surface area contributed by atoms with E-state index in [2.05, 4.69) is 16.3 Å². The number of nitrogens with one attached hydrogen (secondary N) is 1. The number of aliphatic hydroxyl groups is 1. The minimum atomic E-state index is -0.445. The highest BCUT2D eigenvalue weighted by molar-refractivity contribution is 5.22. The molecule has 3 nitrogen and oxygen atoms in total. The first kappa shape index (κ1) is 8.51. The molecule has 3 heteroatoms. The summed E-state index contributed by atoms with van der Waals surface area (Å²) in [4.78, 5) is 0. The van der Waals surface area contributed by atoms with Crippen LogP contribution in [0.4, 0.5) is 0 Å². The molecule has 13 heavy (non-hydrogen) atoms.